The molecular formula is C15H14O4. The van der Waals surface area contributed by atoms with Gasteiger partial charge in [-0.3, -0.25) is 0 Å². The van der Waals surface area contributed by atoms with Crippen LogP contribution in [0, 0.1) is 0 Å². The molecule has 0 radical (unpaired) electrons. The second-order valence-corrected chi connectivity index (χ2v) is 3.93. The summed E-state index contributed by atoms with van der Waals surface area (Å²) in [6, 6.07) is 14.0. The first-order valence-electron chi connectivity index (χ1n) is 5.79. The van der Waals surface area contributed by atoms with Crippen molar-refractivity contribution in [2.24, 2.45) is 0 Å². The Morgan fingerprint density at radius 2 is 1.84 bits per heavy atom. The minimum atomic E-state index is -0.954. The molecule has 0 aliphatic carbocycles. The number of ether oxygens (including phenoxy) is 2. The zero-order valence-corrected chi connectivity index (χ0v) is 10.5. The van der Waals surface area contributed by atoms with E-state index in [1.165, 1.54) is 0 Å². The number of carboxylic acid groups (broad SMARTS) is 1. The molecule has 0 aliphatic rings. The van der Waals surface area contributed by atoms with Crippen LogP contribution in [0.15, 0.2) is 48.5 Å². The van der Waals surface area contributed by atoms with Crippen LogP contribution in [-0.2, 0) is 6.61 Å². The van der Waals surface area contributed by atoms with E-state index in [4.69, 9.17) is 14.6 Å². The van der Waals surface area contributed by atoms with E-state index in [1.54, 1.807) is 43.5 Å². The molecule has 0 spiro atoms. The first-order chi connectivity index (χ1) is 9.20. The van der Waals surface area contributed by atoms with Crippen LogP contribution in [0.25, 0.3) is 0 Å². The number of aromatic carboxylic acids is 1. The average molecular weight is 258 g/mol. The van der Waals surface area contributed by atoms with Gasteiger partial charge in [-0.2, -0.15) is 0 Å². The van der Waals surface area contributed by atoms with Gasteiger partial charge in [-0.15, -0.1) is 0 Å². The topological polar surface area (TPSA) is 55.8 Å². The standard InChI is InChI=1S/C15H14O4/c1-18-12-6-4-7-13(9-12)19-10-11-5-2-3-8-14(11)15(16)17/h2-9H,10H2,1H3,(H,16,17). The second-order valence-electron chi connectivity index (χ2n) is 3.93. The van der Waals surface area contributed by atoms with Crippen LogP contribution in [-0.4, -0.2) is 18.2 Å². The predicted molar refractivity (Wildman–Crippen MR) is 70.7 cm³/mol. The summed E-state index contributed by atoms with van der Waals surface area (Å²) in [5.41, 5.74) is 0.892. The molecule has 98 valence electrons. The molecule has 2 aromatic carbocycles. The molecule has 0 amide bonds. The Morgan fingerprint density at radius 3 is 2.58 bits per heavy atom. The molecule has 0 atom stereocenters. The van der Waals surface area contributed by atoms with Crippen molar-refractivity contribution in [3.63, 3.8) is 0 Å². The van der Waals surface area contributed by atoms with Gasteiger partial charge >= 0.3 is 5.97 Å². The van der Waals surface area contributed by atoms with Crippen LogP contribution < -0.4 is 9.47 Å². The smallest absolute Gasteiger partial charge is 0.336 e. The van der Waals surface area contributed by atoms with Crippen LogP contribution in [0.1, 0.15) is 15.9 Å². The fourth-order valence-electron chi connectivity index (χ4n) is 1.71. The van der Waals surface area contributed by atoms with Gasteiger partial charge in [-0.1, -0.05) is 24.3 Å². The van der Waals surface area contributed by atoms with Crippen molar-refractivity contribution in [2.45, 2.75) is 6.61 Å². The molecule has 0 saturated carbocycles. The minimum absolute atomic E-state index is 0.204. The van der Waals surface area contributed by atoms with Crippen LogP contribution in [0.5, 0.6) is 11.5 Å². The van der Waals surface area contributed by atoms with Crippen molar-refractivity contribution in [1.29, 1.82) is 0 Å². The predicted octanol–water partition coefficient (Wildman–Crippen LogP) is 2.97. The molecule has 0 aliphatic heterocycles. The fourth-order valence-corrected chi connectivity index (χ4v) is 1.71. The second kappa shape index (κ2) is 5.91. The largest absolute Gasteiger partial charge is 0.497 e. The van der Waals surface area contributed by atoms with Gasteiger partial charge in [0.25, 0.3) is 0 Å². The molecule has 2 aromatic rings. The molecule has 0 aromatic heterocycles. The van der Waals surface area contributed by atoms with Gasteiger partial charge in [0.2, 0.25) is 0 Å². The Kier molecular flexibility index (Phi) is 4.03. The normalized spacial score (nSPS) is 9.95. The first kappa shape index (κ1) is 13.0. The van der Waals surface area contributed by atoms with E-state index in [9.17, 15) is 4.79 Å². The van der Waals surface area contributed by atoms with Crippen molar-refractivity contribution in [3.8, 4) is 11.5 Å². The number of hydrogen-bond donors (Lipinski definition) is 1. The van der Waals surface area contributed by atoms with Crippen molar-refractivity contribution < 1.29 is 19.4 Å². The lowest BCUT2D eigenvalue weighted by molar-refractivity contribution is 0.0694. The number of methoxy groups -OCH3 is 1. The Morgan fingerprint density at radius 1 is 1.11 bits per heavy atom. The van der Waals surface area contributed by atoms with Crippen LogP contribution in [0.3, 0.4) is 0 Å². The summed E-state index contributed by atoms with van der Waals surface area (Å²) in [4.78, 5) is 11.1. The highest BCUT2D eigenvalue weighted by molar-refractivity contribution is 5.89. The molecule has 1 N–H and O–H groups in total. The molecule has 0 bridgehead atoms. The summed E-state index contributed by atoms with van der Waals surface area (Å²) < 4.78 is 10.7. The highest BCUT2D eigenvalue weighted by Gasteiger charge is 2.09. The zero-order valence-electron chi connectivity index (χ0n) is 10.5. The Labute approximate surface area is 111 Å². The number of rotatable bonds is 5. The quantitative estimate of drug-likeness (QED) is 0.895. The van der Waals surface area contributed by atoms with Crippen LogP contribution in [0.4, 0.5) is 0 Å². The van der Waals surface area contributed by atoms with Gasteiger partial charge in [0.1, 0.15) is 18.1 Å². The molecule has 0 unspecified atom stereocenters. The maximum Gasteiger partial charge on any atom is 0.336 e. The molecule has 19 heavy (non-hydrogen) atoms. The Hall–Kier alpha value is -2.49. The molecular weight excluding hydrogens is 244 g/mol. The van der Waals surface area contributed by atoms with Crippen LogP contribution in [0.2, 0.25) is 0 Å². The van der Waals surface area contributed by atoms with Crippen molar-refractivity contribution in [1.82, 2.24) is 0 Å². The zero-order chi connectivity index (χ0) is 13.7. The summed E-state index contributed by atoms with van der Waals surface area (Å²) in [6.07, 6.45) is 0. The Balaban J connectivity index is 2.12. The third-order valence-corrected chi connectivity index (χ3v) is 2.68. The van der Waals surface area contributed by atoms with Gasteiger partial charge in [0, 0.05) is 11.6 Å². The monoisotopic (exact) mass is 258 g/mol. The lowest BCUT2D eigenvalue weighted by Gasteiger charge is -2.09. The maximum absolute atomic E-state index is 11.1. The third kappa shape index (κ3) is 3.25. The summed E-state index contributed by atoms with van der Waals surface area (Å²) in [6.45, 7) is 0.204. The van der Waals surface area contributed by atoms with Gasteiger partial charge < -0.3 is 14.6 Å². The number of carbonyl (C=O) groups is 1. The summed E-state index contributed by atoms with van der Waals surface area (Å²) in [5.74, 6) is 0.383. The maximum atomic E-state index is 11.1. The van der Waals surface area contributed by atoms with E-state index in [0.717, 1.165) is 0 Å². The first-order valence-corrected chi connectivity index (χ1v) is 5.79. The van der Waals surface area contributed by atoms with E-state index in [0.29, 0.717) is 17.1 Å². The molecule has 0 saturated heterocycles. The van der Waals surface area contributed by atoms with Gasteiger partial charge in [0.15, 0.2) is 0 Å². The molecule has 4 nitrogen and oxygen atoms in total. The van der Waals surface area contributed by atoms with E-state index >= 15 is 0 Å². The molecule has 2 rings (SSSR count). The molecule has 0 fully saturated rings. The summed E-state index contributed by atoms with van der Waals surface area (Å²) in [5, 5.41) is 9.07. The molecule has 4 heteroatoms. The van der Waals surface area contributed by atoms with Crippen molar-refractivity contribution in [3.05, 3.63) is 59.7 Å². The SMILES string of the molecule is COc1cccc(OCc2ccccc2C(=O)O)c1. The summed E-state index contributed by atoms with van der Waals surface area (Å²) in [7, 11) is 1.58. The van der Waals surface area contributed by atoms with E-state index < -0.39 is 5.97 Å². The lowest BCUT2D eigenvalue weighted by Crippen LogP contribution is -2.05. The van der Waals surface area contributed by atoms with Crippen molar-refractivity contribution >= 4 is 5.97 Å². The highest BCUT2D eigenvalue weighted by Crippen LogP contribution is 2.20. The van der Waals surface area contributed by atoms with Gasteiger partial charge in [0.05, 0.1) is 12.7 Å². The average Bonchev–Trinajstić information content (AvgIpc) is 2.45. The van der Waals surface area contributed by atoms with E-state index in [1.807, 2.05) is 12.1 Å². The van der Waals surface area contributed by atoms with Gasteiger partial charge in [-0.05, 0) is 18.2 Å². The lowest BCUT2D eigenvalue weighted by atomic mass is 10.1. The van der Waals surface area contributed by atoms with E-state index in [-0.39, 0.29) is 12.2 Å². The van der Waals surface area contributed by atoms with Crippen LogP contribution >= 0.6 is 0 Å². The fraction of sp³-hybridized carbons (Fsp3) is 0.133. The highest BCUT2D eigenvalue weighted by atomic mass is 16.5. The summed E-state index contributed by atoms with van der Waals surface area (Å²) >= 11 is 0. The number of hydrogen-bond acceptors (Lipinski definition) is 3. The van der Waals surface area contributed by atoms with E-state index in [2.05, 4.69) is 0 Å². The minimum Gasteiger partial charge on any atom is -0.497 e. The Bertz CT molecular complexity index is 578. The molecule has 0 heterocycles. The number of benzene rings is 2. The van der Waals surface area contributed by atoms with Gasteiger partial charge in [-0.25, -0.2) is 4.79 Å². The third-order valence-electron chi connectivity index (χ3n) is 2.68. The van der Waals surface area contributed by atoms with Crippen molar-refractivity contribution in [2.75, 3.05) is 7.11 Å². The number of carboxylic acids is 1.